The number of rotatable bonds is 3. The molecule has 0 aromatic carbocycles. The summed E-state index contributed by atoms with van der Waals surface area (Å²) in [4.78, 5) is 19.8. The van der Waals surface area contributed by atoms with E-state index in [1.54, 1.807) is 30.5 Å². The number of halogens is 1. The first kappa shape index (κ1) is 12.5. The van der Waals surface area contributed by atoms with Gasteiger partial charge in [0.1, 0.15) is 5.15 Å². The van der Waals surface area contributed by atoms with E-state index in [2.05, 4.69) is 15.3 Å². The third-order valence-corrected chi connectivity index (χ3v) is 2.50. The Morgan fingerprint density at radius 3 is 2.83 bits per heavy atom. The molecule has 2 aromatic heterocycles. The Morgan fingerprint density at radius 2 is 2.17 bits per heavy atom. The first-order valence-corrected chi connectivity index (χ1v) is 5.65. The summed E-state index contributed by atoms with van der Waals surface area (Å²) < 4.78 is 0. The molecule has 0 bridgehead atoms. The van der Waals surface area contributed by atoms with Gasteiger partial charge in [-0.15, -0.1) is 0 Å². The molecule has 0 radical (unpaired) electrons. The van der Waals surface area contributed by atoms with Gasteiger partial charge in [-0.2, -0.15) is 0 Å². The average molecular weight is 263 g/mol. The van der Waals surface area contributed by atoms with Gasteiger partial charge in [0, 0.05) is 18.3 Å². The van der Waals surface area contributed by atoms with Crippen molar-refractivity contribution in [3.8, 4) is 0 Å². The zero-order chi connectivity index (χ0) is 13.0. The van der Waals surface area contributed by atoms with Crippen molar-refractivity contribution in [1.82, 2.24) is 9.97 Å². The van der Waals surface area contributed by atoms with E-state index in [9.17, 15) is 4.79 Å². The molecule has 18 heavy (non-hydrogen) atoms. The SMILES string of the molecule is NCc1cc(C(=O)Nc2ccc(Cl)nc2)ccn1. The van der Waals surface area contributed by atoms with Crippen LogP contribution in [0.5, 0.6) is 0 Å². The minimum Gasteiger partial charge on any atom is -0.325 e. The van der Waals surface area contributed by atoms with Gasteiger partial charge in [-0.3, -0.25) is 9.78 Å². The molecule has 0 saturated heterocycles. The van der Waals surface area contributed by atoms with Crippen molar-refractivity contribution < 1.29 is 4.79 Å². The third-order valence-electron chi connectivity index (χ3n) is 2.27. The largest absolute Gasteiger partial charge is 0.325 e. The number of aromatic nitrogens is 2. The minimum atomic E-state index is -0.240. The first-order chi connectivity index (χ1) is 8.69. The highest BCUT2D eigenvalue weighted by atomic mass is 35.5. The number of hydrogen-bond donors (Lipinski definition) is 2. The lowest BCUT2D eigenvalue weighted by atomic mass is 10.2. The molecule has 0 atom stereocenters. The highest BCUT2D eigenvalue weighted by molar-refractivity contribution is 6.29. The van der Waals surface area contributed by atoms with Gasteiger partial charge in [0.15, 0.2) is 0 Å². The highest BCUT2D eigenvalue weighted by Gasteiger charge is 2.07. The molecule has 0 unspecified atom stereocenters. The fraction of sp³-hybridized carbons (Fsp3) is 0.0833. The number of hydrogen-bond acceptors (Lipinski definition) is 4. The molecule has 0 fully saturated rings. The van der Waals surface area contributed by atoms with Crippen LogP contribution in [0, 0.1) is 0 Å². The standard InChI is InChI=1S/C12H11ClN4O/c13-11-2-1-9(7-16-11)17-12(18)8-3-4-15-10(5-8)6-14/h1-5,7H,6,14H2,(H,17,18). The van der Waals surface area contributed by atoms with Crippen LogP contribution in [0.2, 0.25) is 5.15 Å². The van der Waals surface area contributed by atoms with Crippen molar-refractivity contribution in [1.29, 1.82) is 0 Å². The van der Waals surface area contributed by atoms with Crippen molar-refractivity contribution in [2.75, 3.05) is 5.32 Å². The Kier molecular flexibility index (Phi) is 3.86. The number of pyridine rings is 2. The number of anilines is 1. The lowest BCUT2D eigenvalue weighted by Gasteiger charge is -2.05. The predicted molar refractivity (Wildman–Crippen MR) is 69.3 cm³/mol. The maximum atomic E-state index is 11.9. The van der Waals surface area contributed by atoms with Crippen molar-refractivity contribution in [3.05, 3.63) is 53.1 Å². The van der Waals surface area contributed by atoms with Crippen molar-refractivity contribution in [2.24, 2.45) is 5.73 Å². The van der Waals surface area contributed by atoms with Crippen LogP contribution >= 0.6 is 11.6 Å². The second-order valence-electron chi connectivity index (χ2n) is 3.56. The second kappa shape index (κ2) is 5.57. The topological polar surface area (TPSA) is 80.9 Å². The second-order valence-corrected chi connectivity index (χ2v) is 3.95. The van der Waals surface area contributed by atoms with Gasteiger partial charge in [0.05, 0.1) is 17.6 Å². The summed E-state index contributed by atoms with van der Waals surface area (Å²) in [6, 6.07) is 6.56. The molecule has 3 N–H and O–H groups in total. The number of carbonyl (C=O) groups is 1. The first-order valence-electron chi connectivity index (χ1n) is 5.27. The summed E-state index contributed by atoms with van der Waals surface area (Å²) in [7, 11) is 0. The number of nitrogens with two attached hydrogens (primary N) is 1. The molecule has 2 heterocycles. The molecule has 0 aliphatic heterocycles. The van der Waals surface area contributed by atoms with Crippen molar-refractivity contribution in [2.45, 2.75) is 6.54 Å². The van der Waals surface area contributed by atoms with Gasteiger partial charge < -0.3 is 11.1 Å². The minimum absolute atomic E-state index is 0.240. The van der Waals surface area contributed by atoms with Crippen LogP contribution in [0.15, 0.2) is 36.7 Å². The summed E-state index contributed by atoms with van der Waals surface area (Å²) in [5, 5.41) is 3.09. The average Bonchev–Trinajstić information content (AvgIpc) is 2.41. The van der Waals surface area contributed by atoms with E-state index >= 15 is 0 Å². The molecule has 1 amide bonds. The van der Waals surface area contributed by atoms with Crippen molar-refractivity contribution in [3.63, 3.8) is 0 Å². The molecule has 0 saturated carbocycles. The van der Waals surface area contributed by atoms with Crippen LogP contribution in [-0.4, -0.2) is 15.9 Å². The van der Waals surface area contributed by atoms with Crippen molar-refractivity contribution >= 4 is 23.2 Å². The van der Waals surface area contributed by atoms with Crippen LogP contribution in [0.25, 0.3) is 0 Å². The normalized spacial score (nSPS) is 10.1. The fourth-order valence-corrected chi connectivity index (χ4v) is 1.50. The van der Waals surface area contributed by atoms with E-state index in [1.807, 2.05) is 0 Å². The number of carbonyl (C=O) groups excluding carboxylic acids is 1. The Labute approximate surface area is 109 Å². The molecule has 0 aliphatic carbocycles. The molecule has 6 heteroatoms. The molecule has 2 aromatic rings. The fourth-order valence-electron chi connectivity index (χ4n) is 1.38. The third kappa shape index (κ3) is 3.03. The van der Waals surface area contributed by atoms with Gasteiger partial charge >= 0.3 is 0 Å². The molecule has 0 aliphatic rings. The number of nitrogens with one attached hydrogen (secondary N) is 1. The van der Waals surface area contributed by atoms with E-state index in [0.29, 0.717) is 28.6 Å². The summed E-state index contributed by atoms with van der Waals surface area (Å²) in [5.74, 6) is -0.240. The Bertz CT molecular complexity index is 556. The van der Waals surface area contributed by atoms with E-state index in [4.69, 9.17) is 17.3 Å². The van der Waals surface area contributed by atoms with Gasteiger partial charge in [-0.25, -0.2) is 4.98 Å². The molecule has 5 nitrogen and oxygen atoms in total. The molecule has 0 spiro atoms. The molecular formula is C12H11ClN4O. The van der Waals surface area contributed by atoms with Crippen LogP contribution in [0.1, 0.15) is 16.1 Å². The zero-order valence-corrected chi connectivity index (χ0v) is 10.2. The lowest BCUT2D eigenvalue weighted by molar-refractivity contribution is 0.102. The Balaban J connectivity index is 2.14. The van der Waals surface area contributed by atoms with Crippen LogP contribution in [0.4, 0.5) is 5.69 Å². The van der Waals surface area contributed by atoms with E-state index in [-0.39, 0.29) is 5.91 Å². The summed E-state index contributed by atoms with van der Waals surface area (Å²) in [6.45, 7) is 0.295. The Hall–Kier alpha value is -1.98. The summed E-state index contributed by atoms with van der Waals surface area (Å²) in [6.07, 6.45) is 3.04. The number of amides is 1. The van der Waals surface area contributed by atoms with Crippen LogP contribution in [0.3, 0.4) is 0 Å². The monoisotopic (exact) mass is 262 g/mol. The van der Waals surface area contributed by atoms with Crippen LogP contribution < -0.4 is 11.1 Å². The quantitative estimate of drug-likeness (QED) is 0.827. The van der Waals surface area contributed by atoms with Crippen LogP contribution in [-0.2, 0) is 6.54 Å². The van der Waals surface area contributed by atoms with E-state index in [0.717, 1.165) is 0 Å². The molecule has 92 valence electrons. The smallest absolute Gasteiger partial charge is 0.255 e. The zero-order valence-electron chi connectivity index (χ0n) is 9.43. The van der Waals surface area contributed by atoms with Gasteiger partial charge in [0.25, 0.3) is 5.91 Å². The molecular weight excluding hydrogens is 252 g/mol. The van der Waals surface area contributed by atoms with Gasteiger partial charge in [0.2, 0.25) is 0 Å². The summed E-state index contributed by atoms with van der Waals surface area (Å²) >= 11 is 5.66. The Morgan fingerprint density at radius 1 is 1.33 bits per heavy atom. The maximum Gasteiger partial charge on any atom is 0.255 e. The van der Waals surface area contributed by atoms with Gasteiger partial charge in [-0.1, -0.05) is 11.6 Å². The van der Waals surface area contributed by atoms with Gasteiger partial charge in [-0.05, 0) is 24.3 Å². The van der Waals surface area contributed by atoms with E-state index in [1.165, 1.54) is 6.20 Å². The lowest BCUT2D eigenvalue weighted by Crippen LogP contribution is -2.13. The predicted octanol–water partition coefficient (Wildman–Crippen LogP) is 1.84. The highest BCUT2D eigenvalue weighted by Crippen LogP contribution is 2.11. The number of nitrogens with zero attached hydrogens (tertiary/aromatic N) is 2. The van der Waals surface area contributed by atoms with E-state index < -0.39 is 0 Å². The summed E-state index contributed by atoms with van der Waals surface area (Å²) in [5.41, 5.74) is 7.21. The maximum absolute atomic E-state index is 11.9. The molecule has 2 rings (SSSR count).